The molecular formula is C20H23FN2O3. The first-order valence-electron chi connectivity index (χ1n) is 8.38. The summed E-state index contributed by atoms with van der Waals surface area (Å²) >= 11 is 0. The number of nitrogens with one attached hydrogen (secondary N) is 1. The Morgan fingerprint density at radius 3 is 2.46 bits per heavy atom. The summed E-state index contributed by atoms with van der Waals surface area (Å²) in [6.45, 7) is 2.12. The largest absolute Gasteiger partial charge is 0.496 e. The van der Waals surface area contributed by atoms with Crippen molar-refractivity contribution in [3.63, 3.8) is 0 Å². The van der Waals surface area contributed by atoms with Gasteiger partial charge in [-0.3, -0.25) is 9.59 Å². The Morgan fingerprint density at radius 2 is 1.81 bits per heavy atom. The minimum absolute atomic E-state index is 0.0221. The molecule has 6 heteroatoms. The van der Waals surface area contributed by atoms with Gasteiger partial charge in [0.2, 0.25) is 11.8 Å². The highest BCUT2D eigenvalue weighted by atomic mass is 19.1. The van der Waals surface area contributed by atoms with Crippen molar-refractivity contribution < 1.29 is 18.7 Å². The minimum atomic E-state index is -0.320. The third kappa shape index (κ3) is 5.88. The van der Waals surface area contributed by atoms with Gasteiger partial charge in [0, 0.05) is 20.0 Å². The van der Waals surface area contributed by atoms with Crippen LogP contribution in [0.5, 0.6) is 5.75 Å². The molecule has 0 heterocycles. The molecule has 0 fully saturated rings. The number of halogens is 1. The Balaban J connectivity index is 1.87. The Morgan fingerprint density at radius 1 is 1.12 bits per heavy atom. The molecule has 2 rings (SSSR count). The molecule has 5 nitrogen and oxygen atoms in total. The Labute approximate surface area is 152 Å². The van der Waals surface area contributed by atoms with E-state index < -0.39 is 0 Å². The average Bonchev–Trinajstić information content (AvgIpc) is 2.64. The maximum atomic E-state index is 12.9. The van der Waals surface area contributed by atoms with Gasteiger partial charge in [-0.1, -0.05) is 30.3 Å². The lowest BCUT2D eigenvalue weighted by atomic mass is 10.1. The number of hydrogen-bond donors (Lipinski definition) is 1. The van der Waals surface area contributed by atoms with Crippen molar-refractivity contribution in [3.8, 4) is 5.75 Å². The second kappa shape index (κ2) is 9.56. The molecule has 1 N–H and O–H groups in total. The van der Waals surface area contributed by atoms with Crippen LogP contribution >= 0.6 is 0 Å². The van der Waals surface area contributed by atoms with Crippen LogP contribution in [0.4, 0.5) is 4.39 Å². The van der Waals surface area contributed by atoms with Crippen LogP contribution in [0.25, 0.3) is 0 Å². The van der Waals surface area contributed by atoms with Gasteiger partial charge in [-0.15, -0.1) is 0 Å². The molecular weight excluding hydrogens is 335 g/mol. The van der Waals surface area contributed by atoms with Gasteiger partial charge in [-0.25, -0.2) is 4.39 Å². The predicted molar refractivity (Wildman–Crippen MR) is 97.2 cm³/mol. The molecule has 0 atom stereocenters. The Kier molecular flexibility index (Phi) is 7.14. The molecule has 0 aliphatic heterocycles. The molecule has 0 bridgehead atoms. The van der Waals surface area contributed by atoms with E-state index in [-0.39, 0.29) is 30.7 Å². The summed E-state index contributed by atoms with van der Waals surface area (Å²) in [5.74, 6) is 0.0114. The predicted octanol–water partition coefficient (Wildman–Crippen LogP) is 2.54. The highest BCUT2D eigenvalue weighted by Gasteiger charge is 2.14. The van der Waals surface area contributed by atoms with E-state index in [0.29, 0.717) is 13.0 Å². The highest BCUT2D eigenvalue weighted by Crippen LogP contribution is 2.18. The van der Waals surface area contributed by atoms with Gasteiger partial charge in [-0.2, -0.15) is 0 Å². The number of benzene rings is 2. The van der Waals surface area contributed by atoms with Crippen LogP contribution in [0.15, 0.2) is 48.5 Å². The number of para-hydroxylation sites is 1. The van der Waals surface area contributed by atoms with E-state index >= 15 is 0 Å². The summed E-state index contributed by atoms with van der Waals surface area (Å²) in [6, 6.07) is 13.5. The van der Waals surface area contributed by atoms with Crippen LogP contribution in [0, 0.1) is 5.82 Å². The number of methoxy groups -OCH3 is 1. The second-order valence-electron chi connectivity index (χ2n) is 5.91. The van der Waals surface area contributed by atoms with E-state index in [2.05, 4.69) is 5.32 Å². The van der Waals surface area contributed by atoms with Crippen LogP contribution < -0.4 is 10.1 Å². The first kappa shape index (κ1) is 19.4. The molecule has 138 valence electrons. The van der Waals surface area contributed by atoms with Gasteiger partial charge in [0.1, 0.15) is 11.6 Å². The zero-order valence-electron chi connectivity index (χ0n) is 15.0. The smallest absolute Gasteiger partial charge is 0.239 e. The summed E-state index contributed by atoms with van der Waals surface area (Å²) in [6.07, 6.45) is 0.592. The Bertz CT molecular complexity index is 747. The number of carbonyl (C=O) groups excluding carboxylic acids is 2. The zero-order valence-corrected chi connectivity index (χ0v) is 15.0. The number of amides is 2. The maximum absolute atomic E-state index is 12.9. The number of ether oxygens (including phenoxy) is 1. The lowest BCUT2D eigenvalue weighted by Crippen LogP contribution is -2.40. The molecule has 0 spiro atoms. The molecule has 26 heavy (non-hydrogen) atoms. The van der Waals surface area contributed by atoms with Crippen LogP contribution in [0.1, 0.15) is 18.1 Å². The van der Waals surface area contributed by atoms with Crippen molar-refractivity contribution >= 4 is 11.8 Å². The van der Waals surface area contributed by atoms with Gasteiger partial charge >= 0.3 is 0 Å². The van der Waals surface area contributed by atoms with E-state index in [1.54, 1.807) is 19.2 Å². The molecule has 2 aromatic rings. The third-order valence-electron chi connectivity index (χ3n) is 4.03. The van der Waals surface area contributed by atoms with Crippen molar-refractivity contribution in [1.29, 1.82) is 0 Å². The lowest BCUT2D eigenvalue weighted by molar-refractivity contribution is -0.134. The van der Waals surface area contributed by atoms with E-state index in [0.717, 1.165) is 16.9 Å². The van der Waals surface area contributed by atoms with Crippen LogP contribution in [0.3, 0.4) is 0 Å². The molecule has 0 aliphatic carbocycles. The van der Waals surface area contributed by atoms with E-state index in [1.807, 2.05) is 24.3 Å². The average molecular weight is 358 g/mol. The van der Waals surface area contributed by atoms with Gasteiger partial charge < -0.3 is 15.0 Å². The fraction of sp³-hybridized carbons (Fsp3) is 0.300. The van der Waals surface area contributed by atoms with Crippen molar-refractivity contribution in [2.45, 2.75) is 19.9 Å². The zero-order chi connectivity index (χ0) is 18.9. The lowest BCUT2D eigenvalue weighted by Gasteiger charge is -2.21. The summed E-state index contributed by atoms with van der Waals surface area (Å²) < 4.78 is 18.2. The van der Waals surface area contributed by atoms with E-state index in [4.69, 9.17) is 4.74 Å². The van der Waals surface area contributed by atoms with Crippen LogP contribution in [-0.4, -0.2) is 36.9 Å². The van der Waals surface area contributed by atoms with Gasteiger partial charge in [0.15, 0.2) is 0 Å². The number of nitrogens with zero attached hydrogens (tertiary/aromatic N) is 1. The first-order chi connectivity index (χ1) is 12.5. The summed E-state index contributed by atoms with van der Waals surface area (Å²) in [5, 5.41) is 2.74. The van der Waals surface area contributed by atoms with Crippen molar-refractivity contribution in [2.24, 2.45) is 0 Å². The SMILES string of the molecule is COc1ccccc1CCN(CC(=O)NCc1ccc(F)cc1)C(C)=O. The van der Waals surface area contributed by atoms with Crippen molar-refractivity contribution in [1.82, 2.24) is 10.2 Å². The first-order valence-corrected chi connectivity index (χ1v) is 8.38. The van der Waals surface area contributed by atoms with Crippen molar-refractivity contribution in [2.75, 3.05) is 20.2 Å². The third-order valence-corrected chi connectivity index (χ3v) is 4.03. The minimum Gasteiger partial charge on any atom is -0.496 e. The van der Waals surface area contributed by atoms with E-state index in [9.17, 15) is 14.0 Å². The monoisotopic (exact) mass is 358 g/mol. The molecule has 0 saturated heterocycles. The summed E-state index contributed by atoms with van der Waals surface area (Å²) in [4.78, 5) is 25.5. The standard InChI is InChI=1S/C20H23FN2O3/c1-15(24)23(12-11-17-5-3-4-6-19(17)26-2)14-20(25)22-13-16-7-9-18(21)10-8-16/h3-10H,11-14H2,1-2H3,(H,22,25). The normalized spacial score (nSPS) is 10.3. The van der Waals surface area contributed by atoms with Gasteiger partial charge in [0.25, 0.3) is 0 Å². The molecule has 0 unspecified atom stereocenters. The second-order valence-corrected chi connectivity index (χ2v) is 5.91. The van der Waals surface area contributed by atoms with Crippen LogP contribution in [0.2, 0.25) is 0 Å². The maximum Gasteiger partial charge on any atom is 0.239 e. The van der Waals surface area contributed by atoms with Crippen LogP contribution in [-0.2, 0) is 22.6 Å². The number of carbonyl (C=O) groups is 2. The Hall–Kier alpha value is -2.89. The quantitative estimate of drug-likeness (QED) is 0.789. The molecule has 0 saturated carbocycles. The summed E-state index contributed by atoms with van der Waals surface area (Å²) in [5.41, 5.74) is 1.77. The molecule has 2 aromatic carbocycles. The fourth-order valence-corrected chi connectivity index (χ4v) is 2.54. The van der Waals surface area contributed by atoms with Gasteiger partial charge in [-0.05, 0) is 35.7 Å². The number of hydrogen-bond acceptors (Lipinski definition) is 3. The fourth-order valence-electron chi connectivity index (χ4n) is 2.54. The molecule has 0 radical (unpaired) electrons. The molecule has 2 amide bonds. The summed E-state index contributed by atoms with van der Waals surface area (Å²) in [7, 11) is 1.60. The number of rotatable bonds is 8. The molecule has 0 aromatic heterocycles. The topological polar surface area (TPSA) is 58.6 Å². The highest BCUT2D eigenvalue weighted by molar-refractivity contribution is 5.83. The van der Waals surface area contributed by atoms with E-state index in [1.165, 1.54) is 24.0 Å². The van der Waals surface area contributed by atoms with Gasteiger partial charge in [0.05, 0.1) is 13.7 Å². The van der Waals surface area contributed by atoms with Crippen molar-refractivity contribution in [3.05, 3.63) is 65.5 Å². The molecule has 0 aliphatic rings.